The van der Waals surface area contributed by atoms with E-state index in [0.717, 1.165) is 32.1 Å². The van der Waals surface area contributed by atoms with Crippen molar-refractivity contribution in [3.8, 4) is 11.5 Å². The predicted octanol–water partition coefficient (Wildman–Crippen LogP) is 2.51. The molecule has 0 bridgehead atoms. The molecule has 140 valence electrons. The maximum atomic E-state index is 13.5. The molecule has 6 heteroatoms. The Kier molecular flexibility index (Phi) is 4.51. The molecule has 1 aromatic carbocycles. The molecule has 0 radical (unpaired) electrons. The van der Waals surface area contributed by atoms with Gasteiger partial charge < -0.3 is 19.7 Å². The lowest BCUT2D eigenvalue weighted by Gasteiger charge is -2.42. The van der Waals surface area contributed by atoms with Gasteiger partial charge in [-0.2, -0.15) is 0 Å². The van der Waals surface area contributed by atoms with Crippen LogP contribution in [0.2, 0.25) is 0 Å². The van der Waals surface area contributed by atoms with Gasteiger partial charge in [-0.1, -0.05) is 6.07 Å². The second kappa shape index (κ2) is 6.82. The fourth-order valence-corrected chi connectivity index (χ4v) is 4.54. The average Bonchev–Trinajstić information content (AvgIpc) is 2.88. The standard InChI is InChI=1S/C20H26N2O4/c1-20-10-2-3-11-22(16(20)8-5-9-17(23)21-20)19(24)14-6-4-7-15-18(14)26-13-12-25-15/h4,6-7,16H,2-3,5,8-13H2,1H3,(H,21,23)/t16-,20-/m0/s1. The molecule has 3 heterocycles. The first-order chi connectivity index (χ1) is 12.6. The first-order valence-electron chi connectivity index (χ1n) is 9.59. The van der Waals surface area contributed by atoms with Gasteiger partial charge in [-0.05, 0) is 51.2 Å². The van der Waals surface area contributed by atoms with Crippen LogP contribution < -0.4 is 14.8 Å². The highest BCUT2D eigenvalue weighted by molar-refractivity contribution is 5.98. The van der Waals surface area contributed by atoms with Crippen molar-refractivity contribution >= 4 is 11.8 Å². The van der Waals surface area contributed by atoms with Crippen molar-refractivity contribution in [2.75, 3.05) is 19.8 Å². The van der Waals surface area contributed by atoms with E-state index in [2.05, 4.69) is 12.2 Å². The Labute approximate surface area is 153 Å². The van der Waals surface area contributed by atoms with E-state index in [-0.39, 0.29) is 23.4 Å². The molecule has 1 N–H and O–H groups in total. The molecular formula is C20H26N2O4. The van der Waals surface area contributed by atoms with Crippen molar-refractivity contribution in [3.05, 3.63) is 23.8 Å². The van der Waals surface area contributed by atoms with Crippen LogP contribution in [0, 0.1) is 0 Å². The summed E-state index contributed by atoms with van der Waals surface area (Å²) < 4.78 is 11.4. The summed E-state index contributed by atoms with van der Waals surface area (Å²) in [4.78, 5) is 27.6. The maximum absolute atomic E-state index is 13.5. The van der Waals surface area contributed by atoms with Crippen molar-refractivity contribution in [2.45, 2.75) is 57.0 Å². The Bertz CT molecular complexity index is 720. The summed E-state index contributed by atoms with van der Waals surface area (Å²) in [7, 11) is 0. The topological polar surface area (TPSA) is 67.9 Å². The van der Waals surface area contributed by atoms with Crippen LogP contribution in [0.4, 0.5) is 0 Å². The molecule has 2 amide bonds. The zero-order valence-electron chi connectivity index (χ0n) is 15.3. The van der Waals surface area contributed by atoms with Gasteiger partial charge in [0.25, 0.3) is 5.91 Å². The third kappa shape index (κ3) is 3.02. The molecule has 2 saturated heterocycles. The number of hydrogen-bond donors (Lipinski definition) is 1. The molecule has 0 aliphatic carbocycles. The normalized spacial score (nSPS) is 28.4. The summed E-state index contributed by atoms with van der Waals surface area (Å²) >= 11 is 0. The number of benzene rings is 1. The van der Waals surface area contributed by atoms with Gasteiger partial charge in [0, 0.05) is 13.0 Å². The fraction of sp³-hybridized carbons (Fsp3) is 0.600. The van der Waals surface area contributed by atoms with Crippen LogP contribution >= 0.6 is 0 Å². The number of fused-ring (bicyclic) bond motifs is 2. The van der Waals surface area contributed by atoms with E-state index in [0.29, 0.717) is 43.2 Å². The molecule has 4 rings (SSSR count). The lowest BCUT2D eigenvalue weighted by molar-refractivity contribution is -0.122. The Hall–Kier alpha value is -2.24. The lowest BCUT2D eigenvalue weighted by atomic mass is 9.85. The minimum absolute atomic E-state index is 0.00400. The number of amides is 2. The number of carbonyl (C=O) groups is 2. The molecule has 0 unspecified atom stereocenters. The summed E-state index contributed by atoms with van der Waals surface area (Å²) in [5.74, 6) is 1.25. The van der Waals surface area contributed by atoms with E-state index in [1.54, 1.807) is 0 Å². The Morgan fingerprint density at radius 2 is 2.08 bits per heavy atom. The quantitative estimate of drug-likeness (QED) is 0.838. The molecule has 3 aliphatic rings. The zero-order valence-corrected chi connectivity index (χ0v) is 15.3. The van der Waals surface area contributed by atoms with Crippen molar-refractivity contribution in [1.82, 2.24) is 10.2 Å². The summed E-state index contributed by atoms with van der Waals surface area (Å²) in [5.41, 5.74) is 0.188. The van der Waals surface area contributed by atoms with Crippen LogP contribution in [0.15, 0.2) is 18.2 Å². The number of hydrogen-bond acceptors (Lipinski definition) is 4. The van der Waals surface area contributed by atoms with Crippen LogP contribution in [0.1, 0.15) is 55.8 Å². The minimum Gasteiger partial charge on any atom is -0.486 e. The number of nitrogens with zero attached hydrogens (tertiary/aromatic N) is 1. The molecule has 1 aromatic rings. The number of carbonyl (C=O) groups excluding carboxylic acids is 2. The second-order valence-corrected chi connectivity index (χ2v) is 7.66. The summed E-state index contributed by atoms with van der Waals surface area (Å²) in [6.07, 6.45) is 5.03. The van der Waals surface area contributed by atoms with E-state index in [1.165, 1.54) is 0 Å². The van der Waals surface area contributed by atoms with Crippen LogP contribution in [0.5, 0.6) is 11.5 Å². The average molecular weight is 358 g/mol. The van der Waals surface area contributed by atoms with Crippen LogP contribution in [0.25, 0.3) is 0 Å². The SMILES string of the molecule is C[C@]12CCCCN(C(=O)c3cccc4c3OCCO4)[C@H]1CCCC(=O)N2. The largest absolute Gasteiger partial charge is 0.486 e. The van der Waals surface area contributed by atoms with Gasteiger partial charge in [0.2, 0.25) is 5.91 Å². The molecule has 0 spiro atoms. The molecule has 0 aromatic heterocycles. The monoisotopic (exact) mass is 358 g/mol. The number of nitrogens with one attached hydrogen (secondary N) is 1. The van der Waals surface area contributed by atoms with Crippen LogP contribution in [-0.4, -0.2) is 48.1 Å². The maximum Gasteiger partial charge on any atom is 0.258 e. The summed E-state index contributed by atoms with van der Waals surface area (Å²) in [6, 6.07) is 5.49. The second-order valence-electron chi connectivity index (χ2n) is 7.66. The van der Waals surface area contributed by atoms with Gasteiger partial charge in [-0.25, -0.2) is 0 Å². The van der Waals surface area contributed by atoms with Crippen LogP contribution in [-0.2, 0) is 4.79 Å². The van der Waals surface area contributed by atoms with E-state index in [4.69, 9.17) is 9.47 Å². The van der Waals surface area contributed by atoms with Gasteiger partial charge in [0.05, 0.1) is 17.1 Å². The van der Waals surface area contributed by atoms with Crippen molar-refractivity contribution in [1.29, 1.82) is 0 Å². The van der Waals surface area contributed by atoms with Gasteiger partial charge in [0.1, 0.15) is 13.2 Å². The molecular weight excluding hydrogens is 332 g/mol. The Morgan fingerprint density at radius 1 is 1.23 bits per heavy atom. The highest BCUT2D eigenvalue weighted by Gasteiger charge is 2.44. The molecule has 6 nitrogen and oxygen atoms in total. The smallest absolute Gasteiger partial charge is 0.258 e. The highest BCUT2D eigenvalue weighted by Crippen LogP contribution is 2.37. The molecule has 2 atom stereocenters. The van der Waals surface area contributed by atoms with E-state index in [1.807, 2.05) is 23.1 Å². The summed E-state index contributed by atoms with van der Waals surface area (Å²) in [5, 5.41) is 3.21. The molecule has 26 heavy (non-hydrogen) atoms. The minimum atomic E-state index is -0.369. The summed E-state index contributed by atoms with van der Waals surface area (Å²) in [6.45, 7) is 3.75. The van der Waals surface area contributed by atoms with E-state index >= 15 is 0 Å². The van der Waals surface area contributed by atoms with Crippen molar-refractivity contribution < 1.29 is 19.1 Å². The number of likely N-dealkylation sites (tertiary alicyclic amines) is 1. The van der Waals surface area contributed by atoms with Crippen molar-refractivity contribution in [2.24, 2.45) is 0 Å². The third-order valence-corrected chi connectivity index (χ3v) is 5.82. The number of ether oxygens (including phenoxy) is 2. The van der Waals surface area contributed by atoms with E-state index in [9.17, 15) is 9.59 Å². The Morgan fingerprint density at radius 3 is 2.96 bits per heavy atom. The van der Waals surface area contributed by atoms with Gasteiger partial charge in [-0.3, -0.25) is 9.59 Å². The molecule has 0 saturated carbocycles. The number of rotatable bonds is 1. The predicted molar refractivity (Wildman–Crippen MR) is 96.5 cm³/mol. The molecule has 3 aliphatic heterocycles. The van der Waals surface area contributed by atoms with Gasteiger partial charge in [-0.15, -0.1) is 0 Å². The fourth-order valence-electron chi connectivity index (χ4n) is 4.54. The zero-order chi connectivity index (χ0) is 18.1. The first kappa shape index (κ1) is 17.2. The highest BCUT2D eigenvalue weighted by atomic mass is 16.6. The lowest BCUT2D eigenvalue weighted by Crippen LogP contribution is -2.59. The number of para-hydroxylation sites is 1. The molecule has 2 fully saturated rings. The first-order valence-corrected chi connectivity index (χ1v) is 9.59. The van der Waals surface area contributed by atoms with Gasteiger partial charge in [0.15, 0.2) is 11.5 Å². The van der Waals surface area contributed by atoms with E-state index < -0.39 is 0 Å². The van der Waals surface area contributed by atoms with Crippen molar-refractivity contribution in [3.63, 3.8) is 0 Å². The Balaban J connectivity index is 1.69. The van der Waals surface area contributed by atoms with Gasteiger partial charge >= 0.3 is 0 Å². The van der Waals surface area contributed by atoms with Crippen LogP contribution in [0.3, 0.4) is 0 Å². The third-order valence-electron chi connectivity index (χ3n) is 5.82.